The number of carbonyl (C=O) groups is 1. The Morgan fingerprint density at radius 2 is 1.73 bits per heavy atom. The van der Waals surface area contributed by atoms with Gasteiger partial charge in [-0.15, -0.1) is 0 Å². The Bertz CT molecular complexity index is 1020. The highest BCUT2D eigenvalue weighted by atomic mass is 16.2. The first-order valence-electron chi connectivity index (χ1n) is 10.8. The Morgan fingerprint density at radius 3 is 2.53 bits per heavy atom. The van der Waals surface area contributed by atoms with Crippen molar-refractivity contribution in [1.29, 1.82) is 0 Å². The molecular formula is C23H29N5O2. The second kappa shape index (κ2) is 9.71. The number of aryl methyl sites for hydroxylation is 1. The molecule has 0 bridgehead atoms. The Morgan fingerprint density at radius 1 is 0.967 bits per heavy atom. The fraction of sp³-hybridized carbons (Fsp3) is 0.435. The number of aromatic amines is 1. The van der Waals surface area contributed by atoms with Crippen LogP contribution in [-0.4, -0.2) is 56.4 Å². The molecule has 0 atom stereocenters. The lowest BCUT2D eigenvalue weighted by Gasteiger charge is -2.34. The predicted molar refractivity (Wildman–Crippen MR) is 117 cm³/mol. The molecule has 3 aromatic rings. The Labute approximate surface area is 176 Å². The van der Waals surface area contributed by atoms with E-state index in [9.17, 15) is 9.59 Å². The highest BCUT2D eigenvalue weighted by molar-refractivity contribution is 5.77. The molecule has 0 unspecified atom stereocenters. The van der Waals surface area contributed by atoms with Crippen LogP contribution in [0.5, 0.6) is 0 Å². The molecule has 0 aliphatic carbocycles. The van der Waals surface area contributed by atoms with Crippen LogP contribution in [0.25, 0.3) is 10.9 Å². The molecule has 1 amide bonds. The largest absolute Gasteiger partial charge is 0.354 e. The molecule has 0 spiro atoms. The van der Waals surface area contributed by atoms with Crippen molar-refractivity contribution in [3.8, 4) is 0 Å². The number of fused-ring (bicyclic) bond motifs is 1. The number of rotatable bonds is 8. The van der Waals surface area contributed by atoms with Gasteiger partial charge in [0.25, 0.3) is 5.56 Å². The van der Waals surface area contributed by atoms with Crippen LogP contribution in [0.4, 0.5) is 0 Å². The van der Waals surface area contributed by atoms with Crippen LogP contribution in [0, 0.1) is 0 Å². The third-order valence-corrected chi connectivity index (χ3v) is 5.73. The lowest BCUT2D eigenvalue weighted by atomic mass is 10.1. The minimum Gasteiger partial charge on any atom is -0.354 e. The van der Waals surface area contributed by atoms with E-state index >= 15 is 0 Å². The quantitative estimate of drug-likeness (QED) is 0.583. The summed E-state index contributed by atoms with van der Waals surface area (Å²) < 4.78 is 2.18. The van der Waals surface area contributed by atoms with E-state index < -0.39 is 0 Å². The lowest BCUT2D eigenvalue weighted by molar-refractivity contribution is -0.133. The maximum atomic E-state index is 12.5. The van der Waals surface area contributed by atoms with Gasteiger partial charge >= 0.3 is 0 Å². The number of unbranched alkanes of at least 4 members (excludes halogenated alkanes) is 2. The van der Waals surface area contributed by atoms with E-state index in [0.717, 1.165) is 57.5 Å². The predicted octanol–water partition coefficient (Wildman–Crippen LogP) is 2.63. The summed E-state index contributed by atoms with van der Waals surface area (Å²) in [4.78, 5) is 36.4. The maximum absolute atomic E-state index is 12.5. The summed E-state index contributed by atoms with van der Waals surface area (Å²) in [5.41, 5.74) is 0.628. The van der Waals surface area contributed by atoms with Crippen molar-refractivity contribution in [3.05, 3.63) is 65.0 Å². The average molecular weight is 408 g/mol. The van der Waals surface area contributed by atoms with Crippen molar-refractivity contribution >= 4 is 16.8 Å². The zero-order valence-electron chi connectivity index (χ0n) is 17.3. The molecule has 1 aromatic carbocycles. The smallest absolute Gasteiger partial charge is 0.258 e. The van der Waals surface area contributed by atoms with Crippen molar-refractivity contribution in [3.63, 3.8) is 0 Å². The van der Waals surface area contributed by atoms with Gasteiger partial charge in [-0.25, -0.2) is 4.98 Å². The van der Waals surface area contributed by atoms with Crippen LogP contribution in [0.15, 0.2) is 53.6 Å². The molecule has 7 heteroatoms. The molecule has 158 valence electrons. The van der Waals surface area contributed by atoms with Gasteiger partial charge in [0.1, 0.15) is 5.82 Å². The molecule has 30 heavy (non-hydrogen) atoms. The Hall–Kier alpha value is -2.93. The standard InChI is InChI=1S/C23H29N5O2/c29-22(10-2-1-5-11-26-12-6-7-13-26)28-16-14-27(15-17-28)18-21-24-20-9-4-3-8-19(20)23(30)25-21/h3-4,6-9,12-13H,1-2,5,10-11,14-18H2,(H,24,25,30). The number of H-pyrrole nitrogens is 1. The average Bonchev–Trinajstić information content (AvgIpc) is 3.27. The van der Waals surface area contributed by atoms with Crippen LogP contribution in [0.1, 0.15) is 31.5 Å². The van der Waals surface area contributed by atoms with Crippen molar-refractivity contribution in [2.45, 2.75) is 38.8 Å². The molecule has 1 fully saturated rings. The molecule has 1 aliphatic rings. The maximum Gasteiger partial charge on any atom is 0.258 e. The summed E-state index contributed by atoms with van der Waals surface area (Å²) in [6.07, 6.45) is 7.91. The van der Waals surface area contributed by atoms with Crippen molar-refractivity contribution in [1.82, 2.24) is 24.3 Å². The number of hydrogen-bond donors (Lipinski definition) is 1. The zero-order chi connectivity index (χ0) is 20.8. The third kappa shape index (κ3) is 5.16. The second-order valence-electron chi connectivity index (χ2n) is 7.92. The summed E-state index contributed by atoms with van der Waals surface area (Å²) >= 11 is 0. The fourth-order valence-electron chi connectivity index (χ4n) is 4.00. The summed E-state index contributed by atoms with van der Waals surface area (Å²) in [5.74, 6) is 0.939. The van der Waals surface area contributed by atoms with E-state index in [0.29, 0.717) is 24.2 Å². The molecule has 1 aliphatic heterocycles. The van der Waals surface area contributed by atoms with Gasteiger partial charge in [0.15, 0.2) is 0 Å². The first kappa shape index (κ1) is 20.3. The van der Waals surface area contributed by atoms with Crippen LogP contribution < -0.4 is 5.56 Å². The zero-order valence-corrected chi connectivity index (χ0v) is 17.3. The molecule has 0 saturated carbocycles. The third-order valence-electron chi connectivity index (χ3n) is 5.73. The molecule has 3 heterocycles. The fourth-order valence-corrected chi connectivity index (χ4v) is 4.00. The highest BCUT2D eigenvalue weighted by Gasteiger charge is 2.21. The molecule has 7 nitrogen and oxygen atoms in total. The van der Waals surface area contributed by atoms with Crippen molar-refractivity contribution in [2.75, 3.05) is 26.2 Å². The molecule has 1 N–H and O–H groups in total. The van der Waals surface area contributed by atoms with E-state index in [2.05, 4.69) is 31.8 Å². The van der Waals surface area contributed by atoms with Gasteiger partial charge in [0, 0.05) is 51.5 Å². The summed E-state index contributed by atoms with van der Waals surface area (Å²) in [6, 6.07) is 11.5. The molecule has 1 saturated heterocycles. The lowest BCUT2D eigenvalue weighted by Crippen LogP contribution is -2.48. The van der Waals surface area contributed by atoms with Crippen LogP contribution in [0.3, 0.4) is 0 Å². The Kier molecular flexibility index (Phi) is 6.59. The number of hydrogen-bond acceptors (Lipinski definition) is 4. The SMILES string of the molecule is O=C(CCCCCn1cccc1)N1CCN(Cc2nc3ccccc3c(=O)[nH]2)CC1. The van der Waals surface area contributed by atoms with Crippen LogP contribution in [0.2, 0.25) is 0 Å². The first-order chi connectivity index (χ1) is 14.7. The topological polar surface area (TPSA) is 74.2 Å². The summed E-state index contributed by atoms with van der Waals surface area (Å²) in [5, 5.41) is 0.616. The van der Waals surface area contributed by atoms with E-state index in [4.69, 9.17) is 0 Å². The van der Waals surface area contributed by atoms with E-state index in [1.807, 2.05) is 35.2 Å². The van der Waals surface area contributed by atoms with Crippen molar-refractivity contribution < 1.29 is 4.79 Å². The minimum absolute atomic E-state index is 0.0961. The highest BCUT2D eigenvalue weighted by Crippen LogP contribution is 2.11. The van der Waals surface area contributed by atoms with E-state index in [1.165, 1.54) is 0 Å². The molecule has 4 rings (SSSR count). The number of carbonyl (C=O) groups excluding carboxylic acids is 1. The number of piperazine rings is 1. The normalized spacial score (nSPS) is 15.0. The van der Waals surface area contributed by atoms with E-state index in [1.54, 1.807) is 6.07 Å². The van der Waals surface area contributed by atoms with Gasteiger partial charge in [-0.2, -0.15) is 0 Å². The minimum atomic E-state index is -0.0961. The number of benzene rings is 1. The van der Waals surface area contributed by atoms with Gasteiger partial charge in [-0.3, -0.25) is 14.5 Å². The monoisotopic (exact) mass is 407 g/mol. The van der Waals surface area contributed by atoms with Gasteiger partial charge in [0.05, 0.1) is 17.4 Å². The molecule has 0 radical (unpaired) electrons. The number of para-hydroxylation sites is 1. The Balaban J connectivity index is 1.19. The first-order valence-corrected chi connectivity index (χ1v) is 10.8. The van der Waals surface area contributed by atoms with Crippen LogP contribution >= 0.6 is 0 Å². The molecular weight excluding hydrogens is 378 g/mol. The van der Waals surface area contributed by atoms with Crippen molar-refractivity contribution in [2.24, 2.45) is 0 Å². The molecule has 2 aromatic heterocycles. The number of nitrogens with zero attached hydrogens (tertiary/aromatic N) is 4. The number of aromatic nitrogens is 3. The van der Waals surface area contributed by atoms with Gasteiger partial charge in [0.2, 0.25) is 5.91 Å². The van der Waals surface area contributed by atoms with Gasteiger partial charge < -0.3 is 14.5 Å². The van der Waals surface area contributed by atoms with Gasteiger partial charge in [-0.1, -0.05) is 18.6 Å². The number of nitrogens with one attached hydrogen (secondary N) is 1. The van der Waals surface area contributed by atoms with Gasteiger partial charge in [-0.05, 0) is 37.1 Å². The summed E-state index contributed by atoms with van der Waals surface area (Å²) in [7, 11) is 0. The summed E-state index contributed by atoms with van der Waals surface area (Å²) in [6.45, 7) is 4.69. The van der Waals surface area contributed by atoms with Crippen LogP contribution in [-0.2, 0) is 17.9 Å². The number of amides is 1. The second-order valence-corrected chi connectivity index (χ2v) is 7.92. The van der Waals surface area contributed by atoms with E-state index in [-0.39, 0.29) is 11.5 Å².